The van der Waals surface area contributed by atoms with Crippen LogP contribution in [0.4, 0.5) is 4.39 Å². The predicted octanol–water partition coefficient (Wildman–Crippen LogP) is 2.40. The van der Waals surface area contributed by atoms with Crippen molar-refractivity contribution in [1.29, 1.82) is 0 Å². The Labute approximate surface area is 123 Å². The van der Waals surface area contributed by atoms with E-state index in [0.29, 0.717) is 18.5 Å². The number of rotatable bonds is 7. The van der Waals surface area contributed by atoms with Crippen LogP contribution in [-0.2, 0) is 11.3 Å². The van der Waals surface area contributed by atoms with E-state index in [0.717, 1.165) is 18.6 Å². The van der Waals surface area contributed by atoms with Crippen LogP contribution in [0.15, 0.2) is 24.3 Å². The Balaban J connectivity index is 2.04. The number of carbonyl (C=O) groups excluding carboxylic acids is 1. The van der Waals surface area contributed by atoms with Gasteiger partial charge in [0.15, 0.2) is 0 Å². The standard InChI is InChI=1S/C15H21FN2OS/c1-20-9-8-14(17)15(19)18(12-6-7-12)10-11-4-2-3-5-13(11)16/h2-5,12,14H,6-10,17H2,1H3/t14-/m1/s1. The summed E-state index contributed by atoms with van der Waals surface area (Å²) in [7, 11) is 0. The zero-order valence-electron chi connectivity index (χ0n) is 11.7. The van der Waals surface area contributed by atoms with Gasteiger partial charge in [0.2, 0.25) is 5.91 Å². The number of thioether (sulfide) groups is 1. The van der Waals surface area contributed by atoms with Gasteiger partial charge in [0.1, 0.15) is 5.82 Å². The maximum atomic E-state index is 13.7. The average molecular weight is 296 g/mol. The molecule has 1 aliphatic carbocycles. The number of hydrogen-bond donors (Lipinski definition) is 1. The minimum absolute atomic E-state index is 0.0511. The molecule has 1 atom stereocenters. The molecule has 1 aromatic rings. The van der Waals surface area contributed by atoms with Crippen molar-refractivity contribution in [1.82, 2.24) is 4.90 Å². The Morgan fingerprint density at radius 3 is 2.80 bits per heavy atom. The zero-order valence-corrected chi connectivity index (χ0v) is 12.5. The van der Waals surface area contributed by atoms with Gasteiger partial charge in [0, 0.05) is 18.2 Å². The summed E-state index contributed by atoms with van der Waals surface area (Å²) < 4.78 is 13.7. The van der Waals surface area contributed by atoms with Crippen molar-refractivity contribution in [2.24, 2.45) is 5.73 Å². The topological polar surface area (TPSA) is 46.3 Å². The van der Waals surface area contributed by atoms with Crippen molar-refractivity contribution in [2.75, 3.05) is 12.0 Å². The lowest BCUT2D eigenvalue weighted by Crippen LogP contribution is -2.44. The number of carbonyl (C=O) groups is 1. The van der Waals surface area contributed by atoms with Crippen LogP contribution in [0, 0.1) is 5.82 Å². The van der Waals surface area contributed by atoms with Crippen LogP contribution in [0.25, 0.3) is 0 Å². The molecule has 0 unspecified atom stereocenters. The second kappa shape index (κ2) is 7.09. The molecular weight excluding hydrogens is 275 g/mol. The quantitative estimate of drug-likeness (QED) is 0.840. The van der Waals surface area contributed by atoms with E-state index in [1.165, 1.54) is 6.07 Å². The van der Waals surface area contributed by atoms with Gasteiger partial charge in [-0.3, -0.25) is 4.79 Å². The summed E-state index contributed by atoms with van der Waals surface area (Å²) in [6.45, 7) is 0.323. The third-order valence-electron chi connectivity index (χ3n) is 3.52. The Morgan fingerprint density at radius 2 is 2.20 bits per heavy atom. The second-order valence-electron chi connectivity index (χ2n) is 5.18. The fraction of sp³-hybridized carbons (Fsp3) is 0.533. The fourth-order valence-electron chi connectivity index (χ4n) is 2.16. The van der Waals surface area contributed by atoms with E-state index in [1.54, 1.807) is 34.9 Å². The molecule has 1 fully saturated rings. The molecule has 2 N–H and O–H groups in total. The molecule has 1 aliphatic rings. The largest absolute Gasteiger partial charge is 0.334 e. The molecule has 2 rings (SSSR count). The minimum atomic E-state index is -0.477. The highest BCUT2D eigenvalue weighted by Crippen LogP contribution is 2.29. The first-order valence-electron chi connectivity index (χ1n) is 6.92. The van der Waals surface area contributed by atoms with Gasteiger partial charge < -0.3 is 10.6 Å². The van der Waals surface area contributed by atoms with E-state index in [-0.39, 0.29) is 17.8 Å². The SMILES string of the molecule is CSCC[C@@H](N)C(=O)N(Cc1ccccc1F)C1CC1. The zero-order chi connectivity index (χ0) is 14.5. The molecule has 1 aromatic carbocycles. The normalized spacial score (nSPS) is 15.9. The van der Waals surface area contributed by atoms with E-state index in [9.17, 15) is 9.18 Å². The van der Waals surface area contributed by atoms with Gasteiger partial charge in [0.05, 0.1) is 6.04 Å². The Bertz CT molecular complexity index is 465. The third-order valence-corrected chi connectivity index (χ3v) is 4.16. The van der Waals surface area contributed by atoms with Gasteiger partial charge in [-0.05, 0) is 37.3 Å². The summed E-state index contributed by atoms with van der Waals surface area (Å²) in [5, 5.41) is 0. The van der Waals surface area contributed by atoms with Crippen molar-refractivity contribution in [3.8, 4) is 0 Å². The van der Waals surface area contributed by atoms with Crippen molar-refractivity contribution in [3.63, 3.8) is 0 Å². The molecule has 0 bridgehead atoms. The highest BCUT2D eigenvalue weighted by Gasteiger charge is 2.34. The van der Waals surface area contributed by atoms with Crippen LogP contribution < -0.4 is 5.73 Å². The van der Waals surface area contributed by atoms with Gasteiger partial charge in [-0.1, -0.05) is 18.2 Å². The molecule has 110 valence electrons. The van der Waals surface area contributed by atoms with Crippen LogP contribution in [0.5, 0.6) is 0 Å². The molecule has 20 heavy (non-hydrogen) atoms. The van der Waals surface area contributed by atoms with Crippen LogP contribution in [0.3, 0.4) is 0 Å². The second-order valence-corrected chi connectivity index (χ2v) is 6.16. The fourth-order valence-corrected chi connectivity index (χ4v) is 2.65. The van der Waals surface area contributed by atoms with Crippen LogP contribution in [0.1, 0.15) is 24.8 Å². The molecule has 0 aromatic heterocycles. The van der Waals surface area contributed by atoms with Gasteiger partial charge in [-0.25, -0.2) is 4.39 Å². The van der Waals surface area contributed by atoms with E-state index < -0.39 is 6.04 Å². The van der Waals surface area contributed by atoms with Gasteiger partial charge in [-0.15, -0.1) is 0 Å². The Kier molecular flexibility index (Phi) is 5.43. The molecule has 0 spiro atoms. The summed E-state index contributed by atoms with van der Waals surface area (Å²) in [5.74, 6) is 0.555. The molecule has 1 amide bonds. The van der Waals surface area contributed by atoms with Crippen molar-refractivity contribution in [2.45, 2.75) is 37.9 Å². The monoisotopic (exact) mass is 296 g/mol. The van der Waals surface area contributed by atoms with Gasteiger partial charge >= 0.3 is 0 Å². The smallest absolute Gasteiger partial charge is 0.240 e. The maximum absolute atomic E-state index is 13.7. The Morgan fingerprint density at radius 1 is 1.50 bits per heavy atom. The van der Waals surface area contributed by atoms with Crippen LogP contribution in [0.2, 0.25) is 0 Å². The highest BCUT2D eigenvalue weighted by molar-refractivity contribution is 7.98. The summed E-state index contributed by atoms with van der Waals surface area (Å²) in [6.07, 6.45) is 4.65. The first-order valence-corrected chi connectivity index (χ1v) is 8.31. The van der Waals surface area contributed by atoms with E-state index >= 15 is 0 Å². The number of nitrogens with zero attached hydrogens (tertiary/aromatic N) is 1. The number of amides is 1. The molecule has 5 heteroatoms. The molecule has 0 saturated heterocycles. The van der Waals surface area contributed by atoms with Crippen LogP contribution in [-0.4, -0.2) is 34.9 Å². The number of hydrogen-bond acceptors (Lipinski definition) is 3. The molecule has 3 nitrogen and oxygen atoms in total. The lowest BCUT2D eigenvalue weighted by molar-refractivity contribution is -0.133. The van der Waals surface area contributed by atoms with Crippen molar-refractivity contribution >= 4 is 17.7 Å². The summed E-state index contributed by atoms with van der Waals surface area (Å²) in [5.41, 5.74) is 6.52. The third kappa shape index (κ3) is 3.96. The van der Waals surface area contributed by atoms with Gasteiger partial charge in [0.25, 0.3) is 0 Å². The van der Waals surface area contributed by atoms with E-state index in [1.807, 2.05) is 6.26 Å². The van der Waals surface area contributed by atoms with E-state index in [4.69, 9.17) is 5.73 Å². The molecule has 0 radical (unpaired) electrons. The average Bonchev–Trinajstić information content (AvgIpc) is 3.27. The predicted molar refractivity (Wildman–Crippen MR) is 80.9 cm³/mol. The molecular formula is C15H21FN2OS. The lowest BCUT2D eigenvalue weighted by atomic mass is 10.1. The first kappa shape index (κ1) is 15.3. The van der Waals surface area contributed by atoms with Crippen LogP contribution >= 0.6 is 11.8 Å². The molecule has 1 saturated carbocycles. The minimum Gasteiger partial charge on any atom is -0.334 e. The first-order chi connectivity index (χ1) is 9.63. The van der Waals surface area contributed by atoms with Crippen molar-refractivity contribution in [3.05, 3.63) is 35.6 Å². The van der Waals surface area contributed by atoms with Gasteiger partial charge in [-0.2, -0.15) is 11.8 Å². The number of benzene rings is 1. The molecule has 0 aliphatic heterocycles. The summed E-state index contributed by atoms with van der Waals surface area (Å²) in [6, 6.07) is 6.37. The number of halogens is 1. The van der Waals surface area contributed by atoms with E-state index in [2.05, 4.69) is 0 Å². The van der Waals surface area contributed by atoms with Crippen molar-refractivity contribution < 1.29 is 9.18 Å². The molecule has 0 heterocycles. The summed E-state index contributed by atoms with van der Waals surface area (Å²) in [4.78, 5) is 14.2. The Hall–Kier alpha value is -1.07. The number of nitrogens with two attached hydrogens (primary N) is 1. The lowest BCUT2D eigenvalue weighted by Gasteiger charge is -2.26. The highest BCUT2D eigenvalue weighted by atomic mass is 32.2. The maximum Gasteiger partial charge on any atom is 0.240 e. The summed E-state index contributed by atoms with van der Waals surface area (Å²) >= 11 is 1.68.